The molecule has 0 aromatic heterocycles. The molecule has 0 amide bonds. The van der Waals surface area contributed by atoms with Crippen LogP contribution in [-0.4, -0.2) is 5.75 Å². The Morgan fingerprint density at radius 2 is 2.00 bits per heavy atom. The maximum Gasteiger partial charge on any atom is 0.0679 e. The van der Waals surface area contributed by atoms with Crippen molar-refractivity contribution in [3.05, 3.63) is 0 Å². The Morgan fingerprint density at radius 1 is 1.75 bits per heavy atom. The Hall–Kier alpha value is -0.0900. The molecule has 0 N–H and O–H groups in total. The largest absolute Gasteiger partial charge is 0.0793 e. The van der Waals surface area contributed by atoms with E-state index in [9.17, 15) is 0 Å². The third kappa shape index (κ3) is 0.103. The molecule has 1 heterocycles. The fourth-order valence-corrected chi connectivity index (χ4v) is 0.217. The highest BCUT2D eigenvalue weighted by molar-refractivity contribution is 8.05. The van der Waals surface area contributed by atoms with E-state index in [0.29, 0.717) is 0 Å². The molecule has 1 rings (SSSR count). The molecule has 0 aliphatic carbocycles. The summed E-state index contributed by atoms with van der Waals surface area (Å²) >= 11 is 1.68. The first-order valence-corrected chi connectivity index (χ1v) is 2.08. The summed E-state index contributed by atoms with van der Waals surface area (Å²) in [7, 11) is 0. The second-order valence-corrected chi connectivity index (χ2v) is 1.35. The lowest BCUT2D eigenvalue weighted by Gasteiger charge is -1.83. The summed E-state index contributed by atoms with van der Waals surface area (Å²) in [5, 5.41) is 2.78. The second kappa shape index (κ2) is 0.694. The van der Waals surface area contributed by atoms with Crippen molar-refractivity contribution in [2.75, 3.05) is 5.75 Å². The minimum Gasteiger partial charge on any atom is -0.0793 e. The van der Waals surface area contributed by atoms with Gasteiger partial charge in [-0.25, -0.2) is 0 Å². The van der Waals surface area contributed by atoms with Gasteiger partial charge in [0, 0.05) is 0 Å². The van der Waals surface area contributed by atoms with Crippen LogP contribution in [0.15, 0.2) is 0 Å². The van der Waals surface area contributed by atoms with Gasteiger partial charge in [0.2, 0.25) is 0 Å². The third-order valence-corrected chi connectivity index (χ3v) is 0.866. The van der Waals surface area contributed by atoms with E-state index in [2.05, 4.69) is 11.2 Å². The van der Waals surface area contributed by atoms with E-state index in [1.807, 2.05) is 0 Å². The molecular formula is C3H2S. The van der Waals surface area contributed by atoms with Crippen molar-refractivity contribution in [3.8, 4) is 11.2 Å². The van der Waals surface area contributed by atoms with Crippen molar-refractivity contribution >= 4 is 11.8 Å². The van der Waals surface area contributed by atoms with E-state index in [4.69, 9.17) is 0 Å². The average molecular weight is 70.1 g/mol. The van der Waals surface area contributed by atoms with Gasteiger partial charge in [0.1, 0.15) is 0 Å². The molecule has 0 spiro atoms. The minimum absolute atomic E-state index is 1.06. The lowest BCUT2D eigenvalue weighted by Crippen LogP contribution is -1.72. The van der Waals surface area contributed by atoms with Crippen molar-refractivity contribution in [2.24, 2.45) is 0 Å². The molecule has 20 valence electrons. The summed E-state index contributed by atoms with van der Waals surface area (Å²) < 4.78 is 0. The molecule has 0 radical (unpaired) electrons. The van der Waals surface area contributed by atoms with Crippen molar-refractivity contribution in [2.45, 2.75) is 0 Å². The van der Waals surface area contributed by atoms with Gasteiger partial charge in [0.05, 0.1) is 5.75 Å². The summed E-state index contributed by atoms with van der Waals surface area (Å²) in [5.74, 6) is 3.88. The van der Waals surface area contributed by atoms with Gasteiger partial charge in [-0.15, -0.1) is 0 Å². The topological polar surface area (TPSA) is 0 Å². The van der Waals surface area contributed by atoms with Gasteiger partial charge in [-0.2, -0.15) is 0 Å². The second-order valence-electron chi connectivity index (χ2n) is 0.568. The van der Waals surface area contributed by atoms with Gasteiger partial charge < -0.3 is 0 Å². The Labute approximate surface area is 29.6 Å². The molecule has 1 heteroatoms. The Kier molecular flexibility index (Phi) is 0.376. The van der Waals surface area contributed by atoms with Crippen LogP contribution in [0.25, 0.3) is 0 Å². The summed E-state index contributed by atoms with van der Waals surface area (Å²) in [6.45, 7) is 0. The van der Waals surface area contributed by atoms with E-state index < -0.39 is 0 Å². The van der Waals surface area contributed by atoms with Gasteiger partial charge >= 0.3 is 0 Å². The van der Waals surface area contributed by atoms with Crippen molar-refractivity contribution in [3.63, 3.8) is 0 Å². The molecule has 0 aromatic rings. The fourth-order valence-electron chi connectivity index (χ4n) is 0.0722. The zero-order valence-corrected chi connectivity index (χ0v) is 2.93. The number of rotatable bonds is 0. The van der Waals surface area contributed by atoms with Crippen LogP contribution in [0.3, 0.4) is 0 Å². The fraction of sp³-hybridized carbons (Fsp3) is 0.333. The predicted molar refractivity (Wildman–Crippen MR) is 20.2 cm³/mol. The first kappa shape index (κ1) is 2.17. The molecule has 0 saturated carbocycles. The van der Waals surface area contributed by atoms with E-state index >= 15 is 0 Å². The summed E-state index contributed by atoms with van der Waals surface area (Å²) in [6, 6.07) is 0. The van der Waals surface area contributed by atoms with Crippen LogP contribution in [0.1, 0.15) is 0 Å². The Balaban J connectivity index is 2.69. The molecule has 0 atom stereocenters. The van der Waals surface area contributed by atoms with Crippen molar-refractivity contribution in [1.82, 2.24) is 0 Å². The molecule has 0 nitrogen and oxygen atoms in total. The summed E-state index contributed by atoms with van der Waals surface area (Å²) in [6.07, 6.45) is 0. The highest BCUT2D eigenvalue weighted by atomic mass is 32.2. The maximum atomic E-state index is 2.82. The van der Waals surface area contributed by atoms with E-state index in [0.717, 1.165) is 5.75 Å². The van der Waals surface area contributed by atoms with Crippen LogP contribution < -0.4 is 0 Å². The number of hydrogen-bond donors (Lipinski definition) is 0. The van der Waals surface area contributed by atoms with Crippen LogP contribution in [-0.2, 0) is 0 Å². The van der Waals surface area contributed by atoms with Gasteiger partial charge in [-0.1, -0.05) is 17.7 Å². The maximum absolute atomic E-state index is 2.82. The SMILES string of the molecule is C1#CSC1. The molecule has 1 aliphatic rings. The van der Waals surface area contributed by atoms with E-state index in [-0.39, 0.29) is 0 Å². The van der Waals surface area contributed by atoms with Crippen LogP contribution in [0.2, 0.25) is 0 Å². The van der Waals surface area contributed by atoms with Gasteiger partial charge in [0.15, 0.2) is 0 Å². The third-order valence-electron chi connectivity index (χ3n) is 0.289. The van der Waals surface area contributed by atoms with Crippen LogP contribution in [0.5, 0.6) is 0 Å². The van der Waals surface area contributed by atoms with Gasteiger partial charge in [0.25, 0.3) is 0 Å². The quantitative estimate of drug-likeness (QED) is 0.378. The number of thioether (sulfide) groups is 1. The predicted octanol–water partition coefficient (Wildman–Crippen LogP) is 0.694. The van der Waals surface area contributed by atoms with Crippen LogP contribution >= 0.6 is 11.8 Å². The van der Waals surface area contributed by atoms with Gasteiger partial charge in [-0.05, 0) is 5.25 Å². The average Bonchev–Trinajstić information content (AvgIpc) is 0.722. The van der Waals surface area contributed by atoms with Crippen molar-refractivity contribution < 1.29 is 0 Å². The first-order valence-electron chi connectivity index (χ1n) is 1.10. The molecule has 0 bridgehead atoms. The van der Waals surface area contributed by atoms with E-state index in [1.54, 1.807) is 11.8 Å². The van der Waals surface area contributed by atoms with E-state index in [1.165, 1.54) is 0 Å². The van der Waals surface area contributed by atoms with Crippen molar-refractivity contribution in [1.29, 1.82) is 0 Å². The smallest absolute Gasteiger partial charge is 0.0679 e. The molecule has 0 saturated heterocycles. The zero-order chi connectivity index (χ0) is 2.83. The number of hydrogen-bond acceptors (Lipinski definition) is 1. The molecule has 0 fully saturated rings. The van der Waals surface area contributed by atoms with Gasteiger partial charge in [-0.3, -0.25) is 0 Å². The first-order chi connectivity index (χ1) is 2.00. The molecule has 1 aliphatic heterocycles. The lowest BCUT2D eigenvalue weighted by molar-refractivity contribution is 1.93. The Morgan fingerprint density at radius 3 is 2.00 bits per heavy atom. The van der Waals surface area contributed by atoms with Crippen LogP contribution in [0, 0.1) is 11.2 Å². The normalized spacial score (nSPS) is 16.0. The minimum atomic E-state index is 1.06. The Bertz CT molecular complexity index is 57.1. The molecule has 0 unspecified atom stereocenters. The highest BCUT2D eigenvalue weighted by Gasteiger charge is 1.79. The standard InChI is InChI=1S/C3H2S/c1-2-4-3-1/h2H2. The molecule has 0 aromatic carbocycles. The monoisotopic (exact) mass is 70.0 g/mol. The molecule has 4 heavy (non-hydrogen) atoms. The lowest BCUT2D eigenvalue weighted by atomic mass is 10.8. The zero-order valence-electron chi connectivity index (χ0n) is 2.12. The summed E-state index contributed by atoms with van der Waals surface area (Å²) in [4.78, 5) is 0. The molecular weight excluding hydrogens is 68.1 g/mol. The highest BCUT2D eigenvalue weighted by Crippen LogP contribution is 2.00. The van der Waals surface area contributed by atoms with Crippen LogP contribution in [0.4, 0.5) is 0 Å². The summed E-state index contributed by atoms with van der Waals surface area (Å²) in [5.41, 5.74) is 0.